The third-order valence-corrected chi connectivity index (χ3v) is 3.32. The van der Waals surface area contributed by atoms with Gasteiger partial charge in [0, 0.05) is 11.9 Å². The van der Waals surface area contributed by atoms with Gasteiger partial charge in [-0.05, 0) is 18.3 Å². The fourth-order valence-corrected chi connectivity index (χ4v) is 2.65. The summed E-state index contributed by atoms with van der Waals surface area (Å²) in [6.45, 7) is 1.49. The molecule has 0 unspecified atom stereocenters. The second-order valence-electron chi connectivity index (χ2n) is 3.03. The van der Waals surface area contributed by atoms with E-state index in [0.29, 0.717) is 24.9 Å². The molecule has 1 aliphatic heterocycles. The highest BCUT2D eigenvalue weighted by Crippen LogP contribution is 2.38. The lowest BCUT2D eigenvalue weighted by molar-refractivity contribution is 0.181. The molecule has 72 valence electrons. The van der Waals surface area contributed by atoms with Crippen molar-refractivity contribution >= 4 is 50.7 Å². The van der Waals surface area contributed by atoms with Crippen molar-refractivity contribution < 1.29 is 4.74 Å². The molecule has 1 aliphatic rings. The monoisotopic (exact) mass is 294 g/mol. The molecule has 1 fully saturated rings. The minimum atomic E-state index is -1.14. The molecule has 1 rings (SSSR count). The van der Waals surface area contributed by atoms with Crippen molar-refractivity contribution in [3.05, 3.63) is 0 Å². The maximum Gasteiger partial charge on any atom is 0.191 e. The van der Waals surface area contributed by atoms with Crippen molar-refractivity contribution in [1.82, 2.24) is 0 Å². The van der Waals surface area contributed by atoms with Crippen LogP contribution in [0.15, 0.2) is 0 Å². The lowest BCUT2D eigenvalue weighted by Gasteiger charge is -2.19. The normalized spacial score (nSPS) is 31.0. The van der Waals surface area contributed by atoms with Gasteiger partial charge < -0.3 is 4.74 Å². The van der Waals surface area contributed by atoms with Gasteiger partial charge in [-0.1, -0.05) is 50.7 Å². The molecule has 1 saturated heterocycles. The van der Waals surface area contributed by atoms with E-state index in [-0.39, 0.29) is 0 Å². The topological polar surface area (TPSA) is 9.23 Å². The van der Waals surface area contributed by atoms with E-state index in [1.165, 1.54) is 0 Å². The second-order valence-corrected chi connectivity index (χ2v) is 6.19. The van der Waals surface area contributed by atoms with Crippen LogP contribution in [-0.4, -0.2) is 22.3 Å². The molecule has 0 aliphatic carbocycles. The van der Waals surface area contributed by atoms with E-state index in [9.17, 15) is 0 Å². The van der Waals surface area contributed by atoms with Gasteiger partial charge in [0.15, 0.2) is 3.79 Å². The SMILES string of the molecule is ClC(Cl)(Cl)C[C@@H]1COC[C@@H]1CBr. The van der Waals surface area contributed by atoms with Crippen molar-refractivity contribution in [1.29, 1.82) is 0 Å². The maximum absolute atomic E-state index is 5.70. The molecule has 0 aromatic carbocycles. The summed E-state index contributed by atoms with van der Waals surface area (Å²) in [6, 6.07) is 0. The average Bonchev–Trinajstić information content (AvgIpc) is 2.31. The summed E-state index contributed by atoms with van der Waals surface area (Å²) in [7, 11) is 0. The van der Waals surface area contributed by atoms with E-state index in [2.05, 4.69) is 15.9 Å². The van der Waals surface area contributed by atoms with Crippen LogP contribution in [0.4, 0.5) is 0 Å². The van der Waals surface area contributed by atoms with E-state index in [0.717, 1.165) is 11.9 Å². The predicted molar refractivity (Wildman–Crippen MR) is 56.5 cm³/mol. The van der Waals surface area contributed by atoms with Crippen LogP contribution in [0.2, 0.25) is 0 Å². The molecule has 5 heteroatoms. The zero-order valence-electron chi connectivity index (χ0n) is 6.40. The number of rotatable bonds is 2. The van der Waals surface area contributed by atoms with Crippen LogP contribution >= 0.6 is 50.7 Å². The Balaban J connectivity index is 2.41. The van der Waals surface area contributed by atoms with Gasteiger partial charge in [0.1, 0.15) is 0 Å². The Morgan fingerprint density at radius 2 is 1.83 bits per heavy atom. The Morgan fingerprint density at radius 1 is 1.25 bits per heavy atom. The van der Waals surface area contributed by atoms with Gasteiger partial charge in [0.2, 0.25) is 0 Å². The third-order valence-electron chi connectivity index (χ3n) is 2.02. The van der Waals surface area contributed by atoms with Gasteiger partial charge in [-0.25, -0.2) is 0 Å². The van der Waals surface area contributed by atoms with Gasteiger partial charge >= 0.3 is 0 Å². The first-order chi connectivity index (χ1) is 5.53. The molecule has 12 heavy (non-hydrogen) atoms. The summed E-state index contributed by atoms with van der Waals surface area (Å²) in [5.74, 6) is 0.859. The predicted octanol–water partition coefficient (Wildman–Crippen LogP) is 3.40. The lowest BCUT2D eigenvalue weighted by atomic mass is 9.95. The van der Waals surface area contributed by atoms with E-state index in [4.69, 9.17) is 39.5 Å². The first kappa shape index (κ1) is 11.4. The van der Waals surface area contributed by atoms with Gasteiger partial charge in [-0.2, -0.15) is 0 Å². The number of ether oxygens (including phenoxy) is 1. The van der Waals surface area contributed by atoms with Crippen LogP contribution in [0.25, 0.3) is 0 Å². The van der Waals surface area contributed by atoms with Crippen LogP contribution in [0.5, 0.6) is 0 Å². The number of hydrogen-bond acceptors (Lipinski definition) is 1. The molecular weight excluding hydrogens is 286 g/mol. The van der Waals surface area contributed by atoms with Gasteiger partial charge in [-0.3, -0.25) is 0 Å². The molecule has 0 radical (unpaired) electrons. The molecule has 2 atom stereocenters. The largest absolute Gasteiger partial charge is 0.381 e. The van der Waals surface area contributed by atoms with Crippen LogP contribution < -0.4 is 0 Å². The summed E-state index contributed by atoms with van der Waals surface area (Å²) in [5, 5.41) is 0.915. The molecular formula is C7H10BrCl3O. The highest BCUT2D eigenvalue weighted by atomic mass is 79.9. The van der Waals surface area contributed by atoms with Crippen molar-refractivity contribution in [3.63, 3.8) is 0 Å². The summed E-state index contributed by atoms with van der Waals surface area (Å²) in [4.78, 5) is 0. The second kappa shape index (κ2) is 4.70. The molecule has 0 saturated carbocycles. The highest BCUT2D eigenvalue weighted by molar-refractivity contribution is 9.09. The average molecular weight is 296 g/mol. The smallest absolute Gasteiger partial charge is 0.191 e. The van der Waals surface area contributed by atoms with E-state index < -0.39 is 3.79 Å². The Morgan fingerprint density at radius 3 is 2.33 bits per heavy atom. The highest BCUT2D eigenvalue weighted by Gasteiger charge is 2.34. The van der Waals surface area contributed by atoms with Crippen LogP contribution in [0.1, 0.15) is 6.42 Å². The van der Waals surface area contributed by atoms with Crippen molar-refractivity contribution in [2.24, 2.45) is 11.8 Å². The zero-order valence-corrected chi connectivity index (χ0v) is 10.3. The quantitative estimate of drug-likeness (QED) is 0.710. The van der Waals surface area contributed by atoms with Crippen molar-refractivity contribution in [2.75, 3.05) is 18.5 Å². The molecule has 0 N–H and O–H groups in total. The van der Waals surface area contributed by atoms with Crippen molar-refractivity contribution in [2.45, 2.75) is 10.2 Å². The minimum Gasteiger partial charge on any atom is -0.381 e. The maximum atomic E-state index is 5.70. The fourth-order valence-electron chi connectivity index (χ4n) is 1.34. The Hall–Kier alpha value is 1.31. The Labute approximate surface area is 95.8 Å². The van der Waals surface area contributed by atoms with E-state index >= 15 is 0 Å². The molecule has 1 heterocycles. The van der Waals surface area contributed by atoms with E-state index in [1.807, 2.05) is 0 Å². The van der Waals surface area contributed by atoms with Gasteiger partial charge in [0.25, 0.3) is 0 Å². The molecule has 0 bridgehead atoms. The van der Waals surface area contributed by atoms with Gasteiger partial charge in [0.05, 0.1) is 6.61 Å². The number of alkyl halides is 4. The molecule has 0 amide bonds. The lowest BCUT2D eigenvalue weighted by Crippen LogP contribution is -2.19. The Bertz CT molecular complexity index is 148. The molecule has 0 spiro atoms. The van der Waals surface area contributed by atoms with Crippen LogP contribution in [-0.2, 0) is 4.74 Å². The Kier molecular flexibility index (Phi) is 4.46. The summed E-state index contributed by atoms with van der Waals surface area (Å²) in [5.41, 5.74) is 0. The molecule has 0 aromatic heterocycles. The molecule has 1 nitrogen and oxygen atoms in total. The van der Waals surface area contributed by atoms with Gasteiger partial charge in [-0.15, -0.1) is 0 Å². The first-order valence-corrected chi connectivity index (χ1v) is 5.99. The first-order valence-electron chi connectivity index (χ1n) is 3.73. The minimum absolute atomic E-state index is 0.372. The summed E-state index contributed by atoms with van der Waals surface area (Å²) < 4.78 is 4.16. The van der Waals surface area contributed by atoms with Crippen molar-refractivity contribution in [3.8, 4) is 0 Å². The zero-order chi connectivity index (χ0) is 9.19. The number of halogens is 4. The standard InChI is InChI=1S/C7H10BrCl3O/c8-2-6-4-12-3-5(6)1-7(9,10)11/h5-6H,1-4H2/t5-,6+/m1/s1. The molecule has 0 aromatic rings. The summed E-state index contributed by atoms with van der Waals surface area (Å²) in [6.07, 6.45) is 0.577. The summed E-state index contributed by atoms with van der Waals surface area (Å²) >= 11 is 20.5. The van der Waals surface area contributed by atoms with E-state index in [1.54, 1.807) is 0 Å². The fraction of sp³-hybridized carbons (Fsp3) is 1.00. The van der Waals surface area contributed by atoms with Crippen LogP contribution in [0.3, 0.4) is 0 Å². The number of hydrogen-bond donors (Lipinski definition) is 0. The van der Waals surface area contributed by atoms with Crippen LogP contribution in [0, 0.1) is 11.8 Å². The third kappa shape index (κ3) is 3.59.